The zero-order valence-corrected chi connectivity index (χ0v) is 8.00. The molecule has 0 N–H and O–H groups in total. The molecular formula is C10H14O3. The van der Waals surface area contributed by atoms with Gasteiger partial charge in [0, 0.05) is 5.57 Å². The van der Waals surface area contributed by atoms with Crippen molar-refractivity contribution in [2.45, 2.75) is 26.4 Å². The lowest BCUT2D eigenvalue weighted by Gasteiger charge is -2.12. The van der Waals surface area contributed by atoms with E-state index in [9.17, 15) is 9.59 Å². The van der Waals surface area contributed by atoms with Crippen LogP contribution in [0.15, 0.2) is 24.8 Å². The van der Waals surface area contributed by atoms with Gasteiger partial charge in [0.05, 0.1) is 0 Å². The molecule has 0 unspecified atom stereocenters. The van der Waals surface area contributed by atoms with Gasteiger partial charge in [-0.3, -0.25) is 4.79 Å². The number of rotatable bonds is 5. The summed E-state index contributed by atoms with van der Waals surface area (Å²) >= 11 is 0. The summed E-state index contributed by atoms with van der Waals surface area (Å²) in [7, 11) is 0. The van der Waals surface area contributed by atoms with Crippen molar-refractivity contribution in [3.63, 3.8) is 0 Å². The van der Waals surface area contributed by atoms with Crippen LogP contribution < -0.4 is 0 Å². The summed E-state index contributed by atoms with van der Waals surface area (Å²) in [6, 6.07) is 0. The van der Waals surface area contributed by atoms with Crippen LogP contribution in [-0.4, -0.2) is 17.9 Å². The Morgan fingerprint density at radius 2 is 2.08 bits per heavy atom. The van der Waals surface area contributed by atoms with Crippen LogP contribution in [0.25, 0.3) is 0 Å². The maximum absolute atomic E-state index is 11.1. The highest BCUT2D eigenvalue weighted by Crippen LogP contribution is 2.04. The lowest BCUT2D eigenvalue weighted by Crippen LogP contribution is -2.25. The minimum Gasteiger partial charge on any atom is -0.451 e. The molecule has 0 saturated carbocycles. The van der Waals surface area contributed by atoms with Crippen molar-refractivity contribution in [2.24, 2.45) is 0 Å². The second-order valence-electron chi connectivity index (χ2n) is 2.69. The Hall–Kier alpha value is -1.38. The SMILES string of the molecule is C=CC(=O)[C@@H](CC)OC(=O)C(=C)C. The number of carbonyl (C=O) groups is 2. The highest BCUT2D eigenvalue weighted by atomic mass is 16.5. The monoisotopic (exact) mass is 182 g/mol. The van der Waals surface area contributed by atoms with E-state index in [0.29, 0.717) is 6.42 Å². The van der Waals surface area contributed by atoms with Gasteiger partial charge in [0.1, 0.15) is 0 Å². The number of hydrogen-bond donors (Lipinski definition) is 0. The molecule has 0 aromatic carbocycles. The summed E-state index contributed by atoms with van der Waals surface area (Å²) in [6.45, 7) is 10.0. The minimum atomic E-state index is -0.721. The molecular weight excluding hydrogens is 168 g/mol. The molecule has 0 spiro atoms. The number of ether oxygens (including phenoxy) is 1. The average Bonchev–Trinajstić information content (AvgIpc) is 2.12. The summed E-state index contributed by atoms with van der Waals surface area (Å²) in [5.41, 5.74) is 0.287. The Bertz CT molecular complexity index is 241. The van der Waals surface area contributed by atoms with Crippen LogP contribution in [0.1, 0.15) is 20.3 Å². The van der Waals surface area contributed by atoms with Gasteiger partial charge in [0.15, 0.2) is 11.9 Å². The minimum absolute atomic E-state index is 0.280. The number of carbonyl (C=O) groups excluding carboxylic acids is 2. The quantitative estimate of drug-likeness (QED) is 0.479. The molecule has 0 aliphatic carbocycles. The van der Waals surface area contributed by atoms with E-state index in [-0.39, 0.29) is 11.4 Å². The fourth-order valence-corrected chi connectivity index (χ4v) is 0.704. The van der Waals surface area contributed by atoms with E-state index in [2.05, 4.69) is 13.2 Å². The van der Waals surface area contributed by atoms with Crippen LogP contribution in [0.4, 0.5) is 0 Å². The van der Waals surface area contributed by atoms with E-state index in [1.54, 1.807) is 6.92 Å². The van der Waals surface area contributed by atoms with Crippen molar-refractivity contribution in [1.82, 2.24) is 0 Å². The van der Waals surface area contributed by atoms with Crippen LogP contribution in [0, 0.1) is 0 Å². The first-order valence-electron chi connectivity index (χ1n) is 4.05. The maximum Gasteiger partial charge on any atom is 0.333 e. The number of esters is 1. The molecule has 3 nitrogen and oxygen atoms in total. The standard InChI is InChI=1S/C10H14O3/c1-5-8(11)9(6-2)13-10(12)7(3)4/h5,9H,1,3,6H2,2,4H3/t9-/m1/s1. The van der Waals surface area contributed by atoms with Gasteiger partial charge >= 0.3 is 5.97 Å². The van der Waals surface area contributed by atoms with Gasteiger partial charge in [0.25, 0.3) is 0 Å². The third-order valence-electron chi connectivity index (χ3n) is 1.49. The summed E-state index contributed by atoms with van der Waals surface area (Å²) in [5, 5.41) is 0. The molecule has 1 atom stereocenters. The molecule has 0 heterocycles. The predicted octanol–water partition coefficient (Wildman–Crippen LogP) is 1.64. The summed E-state index contributed by atoms with van der Waals surface area (Å²) in [6.07, 6.45) is 0.880. The van der Waals surface area contributed by atoms with Gasteiger partial charge in [-0.2, -0.15) is 0 Å². The van der Waals surface area contributed by atoms with Gasteiger partial charge in [-0.15, -0.1) is 0 Å². The molecule has 13 heavy (non-hydrogen) atoms. The van der Waals surface area contributed by atoms with E-state index in [1.807, 2.05) is 0 Å². The first-order valence-corrected chi connectivity index (χ1v) is 4.05. The van der Waals surface area contributed by atoms with Crippen LogP contribution in [-0.2, 0) is 14.3 Å². The van der Waals surface area contributed by atoms with Crippen LogP contribution in [0.3, 0.4) is 0 Å². The largest absolute Gasteiger partial charge is 0.451 e. The Kier molecular flexibility index (Phi) is 4.74. The fourth-order valence-electron chi connectivity index (χ4n) is 0.704. The molecule has 0 aromatic rings. The molecule has 0 saturated heterocycles. The van der Waals surface area contributed by atoms with Crippen LogP contribution >= 0.6 is 0 Å². The van der Waals surface area contributed by atoms with Crippen molar-refractivity contribution < 1.29 is 14.3 Å². The first-order chi connectivity index (χ1) is 6.02. The van der Waals surface area contributed by atoms with E-state index in [0.717, 1.165) is 6.08 Å². The molecule has 0 aliphatic heterocycles. The third kappa shape index (κ3) is 3.69. The zero-order valence-electron chi connectivity index (χ0n) is 8.00. The van der Waals surface area contributed by atoms with Crippen LogP contribution in [0.2, 0.25) is 0 Å². The molecule has 72 valence electrons. The maximum atomic E-state index is 11.1. The lowest BCUT2D eigenvalue weighted by atomic mass is 10.2. The molecule has 0 bridgehead atoms. The van der Waals surface area contributed by atoms with Gasteiger partial charge < -0.3 is 4.74 Å². The molecule has 0 amide bonds. The Morgan fingerprint density at radius 1 is 1.54 bits per heavy atom. The second kappa shape index (κ2) is 5.30. The van der Waals surface area contributed by atoms with E-state index in [4.69, 9.17) is 4.74 Å². The summed E-state index contributed by atoms with van der Waals surface area (Å²) < 4.78 is 4.85. The predicted molar refractivity (Wildman–Crippen MR) is 50.2 cm³/mol. The molecule has 0 aliphatic rings. The molecule has 0 fully saturated rings. The van der Waals surface area contributed by atoms with Gasteiger partial charge in [0.2, 0.25) is 0 Å². The highest BCUT2D eigenvalue weighted by Gasteiger charge is 2.18. The number of ketones is 1. The molecule has 0 rings (SSSR count). The summed E-state index contributed by atoms with van der Waals surface area (Å²) in [4.78, 5) is 22.1. The van der Waals surface area contributed by atoms with Gasteiger partial charge in [-0.1, -0.05) is 20.1 Å². The van der Waals surface area contributed by atoms with Crippen molar-refractivity contribution in [3.8, 4) is 0 Å². The lowest BCUT2D eigenvalue weighted by molar-refractivity contribution is -0.149. The van der Waals surface area contributed by atoms with Crippen molar-refractivity contribution in [1.29, 1.82) is 0 Å². The third-order valence-corrected chi connectivity index (χ3v) is 1.49. The fraction of sp³-hybridized carbons (Fsp3) is 0.400. The van der Waals surface area contributed by atoms with E-state index < -0.39 is 12.1 Å². The zero-order chi connectivity index (χ0) is 10.4. The van der Waals surface area contributed by atoms with E-state index in [1.165, 1.54) is 6.92 Å². The Morgan fingerprint density at radius 3 is 2.38 bits per heavy atom. The smallest absolute Gasteiger partial charge is 0.333 e. The highest BCUT2D eigenvalue weighted by molar-refractivity contribution is 5.96. The normalized spacial score (nSPS) is 11.5. The van der Waals surface area contributed by atoms with Crippen LogP contribution in [0.5, 0.6) is 0 Å². The molecule has 3 heteroatoms. The van der Waals surface area contributed by atoms with Gasteiger partial charge in [-0.25, -0.2) is 4.79 Å². The number of hydrogen-bond acceptors (Lipinski definition) is 3. The van der Waals surface area contributed by atoms with E-state index >= 15 is 0 Å². The summed E-state index contributed by atoms with van der Waals surface area (Å²) in [5.74, 6) is -0.820. The van der Waals surface area contributed by atoms with Crippen molar-refractivity contribution >= 4 is 11.8 Å². The molecule has 0 radical (unpaired) electrons. The molecule has 0 aromatic heterocycles. The average molecular weight is 182 g/mol. The Balaban J connectivity index is 4.29. The first kappa shape index (κ1) is 11.6. The van der Waals surface area contributed by atoms with Gasteiger partial charge in [-0.05, 0) is 19.4 Å². The second-order valence-corrected chi connectivity index (χ2v) is 2.69. The van der Waals surface area contributed by atoms with Crippen molar-refractivity contribution in [2.75, 3.05) is 0 Å². The van der Waals surface area contributed by atoms with Crippen molar-refractivity contribution in [3.05, 3.63) is 24.8 Å². The topological polar surface area (TPSA) is 43.4 Å². The Labute approximate surface area is 78.1 Å².